The van der Waals surface area contributed by atoms with Crippen molar-refractivity contribution in [3.8, 4) is 5.69 Å². The molecule has 3 nitrogen and oxygen atoms in total. The third kappa shape index (κ3) is 2.98. The van der Waals surface area contributed by atoms with Gasteiger partial charge in [0.1, 0.15) is 5.76 Å². The third-order valence-electron chi connectivity index (χ3n) is 8.13. The summed E-state index contributed by atoms with van der Waals surface area (Å²) >= 11 is 0. The molecule has 0 fully saturated rings. The number of aliphatic hydroxyl groups excluding tert-OH is 1. The van der Waals surface area contributed by atoms with E-state index in [-0.39, 0.29) is 0 Å². The Morgan fingerprint density at radius 2 is 1.08 bits per heavy atom. The predicted molar refractivity (Wildman–Crippen MR) is 165 cm³/mol. The van der Waals surface area contributed by atoms with Gasteiger partial charge in [-0.2, -0.15) is 0 Å². The predicted octanol–water partition coefficient (Wildman–Crippen LogP) is 9.80. The molecule has 0 radical (unpaired) electrons. The zero-order chi connectivity index (χ0) is 26.2. The topological polar surface area (TPSA) is 29.6 Å². The molecule has 3 heteroatoms. The summed E-state index contributed by atoms with van der Waals surface area (Å²) in [4.78, 5) is 0. The van der Waals surface area contributed by atoms with Gasteiger partial charge in [-0.25, -0.2) is 0 Å². The van der Waals surface area contributed by atoms with E-state index in [0.29, 0.717) is 5.76 Å². The van der Waals surface area contributed by atoms with Crippen molar-refractivity contribution in [1.82, 2.24) is 8.97 Å². The summed E-state index contributed by atoms with van der Waals surface area (Å²) in [6.45, 7) is 3.85. The molecular weight excluding hydrogens is 476 g/mol. The van der Waals surface area contributed by atoms with E-state index in [1.54, 1.807) is 0 Å². The van der Waals surface area contributed by atoms with Crippen LogP contribution in [0.4, 0.5) is 0 Å². The SMILES string of the molecule is CC(C)=C(O)c1ccc(-n2c3ccccc3c3c4cc5c6ccccc6c6ccccc6n5c4ccc32)cc1. The standard InChI is InChI=1S/C36H26N2O/c1-22(2)36(39)23-15-17-24(18-16-23)37-31-14-8-6-12-28(31)35-29-21-34-27-11-4-3-9-25(27)26-10-5-7-13-30(26)38(34)32(29)19-20-33(35)37/h3-21,39H,1-2H3. The fourth-order valence-corrected chi connectivity index (χ4v) is 6.38. The van der Waals surface area contributed by atoms with Crippen LogP contribution in [-0.2, 0) is 0 Å². The minimum Gasteiger partial charge on any atom is -0.507 e. The molecule has 0 aliphatic heterocycles. The molecule has 0 amide bonds. The summed E-state index contributed by atoms with van der Waals surface area (Å²) in [6, 6.07) is 41.2. The molecular formula is C36H26N2O. The van der Waals surface area contributed by atoms with E-state index in [2.05, 4.69) is 112 Å². The lowest BCUT2D eigenvalue weighted by Crippen LogP contribution is -1.95. The average molecular weight is 503 g/mol. The highest BCUT2D eigenvalue weighted by Crippen LogP contribution is 2.41. The van der Waals surface area contributed by atoms with Crippen molar-refractivity contribution < 1.29 is 5.11 Å². The van der Waals surface area contributed by atoms with Gasteiger partial charge in [0.05, 0.1) is 27.6 Å². The third-order valence-corrected chi connectivity index (χ3v) is 8.13. The maximum absolute atomic E-state index is 10.5. The van der Waals surface area contributed by atoms with Crippen molar-refractivity contribution in [3.63, 3.8) is 0 Å². The summed E-state index contributed by atoms with van der Waals surface area (Å²) in [7, 11) is 0. The van der Waals surface area contributed by atoms with Gasteiger partial charge in [0.25, 0.3) is 0 Å². The highest BCUT2D eigenvalue weighted by Gasteiger charge is 2.19. The molecule has 3 aromatic heterocycles. The zero-order valence-electron chi connectivity index (χ0n) is 21.8. The van der Waals surface area contributed by atoms with E-state index in [9.17, 15) is 5.11 Å². The van der Waals surface area contributed by atoms with Crippen LogP contribution in [0.2, 0.25) is 0 Å². The summed E-state index contributed by atoms with van der Waals surface area (Å²) in [5.74, 6) is 0.338. The van der Waals surface area contributed by atoms with Crippen molar-refractivity contribution in [1.29, 1.82) is 0 Å². The molecule has 186 valence electrons. The Balaban J connectivity index is 1.51. The van der Waals surface area contributed by atoms with Crippen LogP contribution in [0.15, 0.2) is 121 Å². The summed E-state index contributed by atoms with van der Waals surface area (Å²) in [6.07, 6.45) is 0. The fraction of sp³-hybridized carbons (Fsp3) is 0.0556. The van der Waals surface area contributed by atoms with Crippen LogP contribution in [0.3, 0.4) is 0 Å². The number of hydrogen-bond acceptors (Lipinski definition) is 1. The van der Waals surface area contributed by atoms with Gasteiger partial charge >= 0.3 is 0 Å². The van der Waals surface area contributed by atoms with Crippen LogP contribution in [0.1, 0.15) is 19.4 Å². The molecule has 5 aromatic carbocycles. The van der Waals surface area contributed by atoms with E-state index in [0.717, 1.165) is 16.8 Å². The number of pyridine rings is 1. The second kappa shape index (κ2) is 7.99. The Morgan fingerprint density at radius 3 is 1.79 bits per heavy atom. The van der Waals surface area contributed by atoms with Gasteiger partial charge in [0, 0.05) is 38.2 Å². The number of hydrogen-bond donors (Lipinski definition) is 1. The van der Waals surface area contributed by atoms with Gasteiger partial charge in [-0.05, 0) is 79.4 Å². The lowest BCUT2D eigenvalue weighted by molar-refractivity contribution is 0.506. The number of benzene rings is 5. The van der Waals surface area contributed by atoms with Gasteiger partial charge in [0.15, 0.2) is 0 Å². The number of fused-ring (bicyclic) bond motifs is 12. The monoisotopic (exact) mass is 502 g/mol. The maximum atomic E-state index is 10.5. The first-order valence-corrected chi connectivity index (χ1v) is 13.4. The van der Waals surface area contributed by atoms with Crippen LogP contribution in [0, 0.1) is 0 Å². The molecule has 0 saturated carbocycles. The zero-order valence-corrected chi connectivity index (χ0v) is 21.8. The molecule has 0 aliphatic rings. The largest absolute Gasteiger partial charge is 0.507 e. The first-order valence-electron chi connectivity index (χ1n) is 13.4. The summed E-state index contributed by atoms with van der Waals surface area (Å²) < 4.78 is 4.77. The minimum atomic E-state index is 0.338. The highest BCUT2D eigenvalue weighted by molar-refractivity contribution is 6.24. The van der Waals surface area contributed by atoms with E-state index in [4.69, 9.17) is 0 Å². The van der Waals surface area contributed by atoms with E-state index in [1.165, 1.54) is 59.9 Å². The van der Waals surface area contributed by atoms with Gasteiger partial charge in [-0.1, -0.05) is 60.7 Å². The Bertz CT molecular complexity index is 2290. The van der Waals surface area contributed by atoms with Crippen LogP contribution in [-0.4, -0.2) is 14.1 Å². The Kier molecular flexibility index (Phi) is 4.51. The molecule has 0 unspecified atom stereocenters. The Hall–Kier alpha value is -5.02. The highest BCUT2D eigenvalue weighted by atomic mass is 16.3. The molecule has 0 spiro atoms. The lowest BCUT2D eigenvalue weighted by Gasteiger charge is -2.10. The second-order valence-electron chi connectivity index (χ2n) is 10.6. The number of para-hydroxylation sites is 2. The van der Waals surface area contributed by atoms with Crippen LogP contribution < -0.4 is 0 Å². The molecule has 3 heterocycles. The summed E-state index contributed by atoms with van der Waals surface area (Å²) in [5, 5.41) is 18.0. The van der Waals surface area contributed by atoms with Gasteiger partial charge < -0.3 is 14.1 Å². The first kappa shape index (κ1) is 22.0. The van der Waals surface area contributed by atoms with Crippen LogP contribution in [0.25, 0.3) is 71.3 Å². The molecule has 0 bridgehead atoms. The van der Waals surface area contributed by atoms with Crippen molar-refractivity contribution in [3.05, 3.63) is 126 Å². The van der Waals surface area contributed by atoms with Crippen LogP contribution in [0.5, 0.6) is 0 Å². The lowest BCUT2D eigenvalue weighted by atomic mass is 10.0. The Labute approximate surface area is 225 Å². The molecule has 1 N–H and O–H groups in total. The maximum Gasteiger partial charge on any atom is 0.121 e. The fourth-order valence-electron chi connectivity index (χ4n) is 6.38. The smallest absolute Gasteiger partial charge is 0.121 e. The molecule has 8 aromatic rings. The van der Waals surface area contributed by atoms with Crippen molar-refractivity contribution >= 4 is 65.7 Å². The molecule has 0 saturated heterocycles. The number of rotatable bonds is 2. The van der Waals surface area contributed by atoms with Crippen molar-refractivity contribution in [2.75, 3.05) is 0 Å². The van der Waals surface area contributed by atoms with E-state index < -0.39 is 0 Å². The normalized spacial score (nSPS) is 11.9. The van der Waals surface area contributed by atoms with Crippen LogP contribution >= 0.6 is 0 Å². The average Bonchev–Trinajstić information content (AvgIpc) is 3.53. The molecule has 39 heavy (non-hydrogen) atoms. The van der Waals surface area contributed by atoms with E-state index >= 15 is 0 Å². The Morgan fingerprint density at radius 1 is 0.513 bits per heavy atom. The van der Waals surface area contributed by atoms with Gasteiger partial charge in [-0.15, -0.1) is 0 Å². The number of aliphatic hydroxyl groups is 1. The second-order valence-corrected chi connectivity index (χ2v) is 10.6. The molecule has 0 aliphatic carbocycles. The summed E-state index contributed by atoms with van der Waals surface area (Å²) in [5.41, 5.74) is 8.82. The van der Waals surface area contributed by atoms with Gasteiger partial charge in [0.2, 0.25) is 0 Å². The van der Waals surface area contributed by atoms with Gasteiger partial charge in [-0.3, -0.25) is 0 Å². The minimum absolute atomic E-state index is 0.338. The van der Waals surface area contributed by atoms with Crippen molar-refractivity contribution in [2.45, 2.75) is 13.8 Å². The molecule has 8 rings (SSSR count). The number of nitrogens with zero attached hydrogens (tertiary/aromatic N) is 2. The quantitative estimate of drug-likeness (QED) is 0.185. The number of allylic oxidation sites excluding steroid dienone is 1. The molecule has 0 atom stereocenters. The number of aromatic nitrogens is 2. The first-order chi connectivity index (χ1) is 19.1. The van der Waals surface area contributed by atoms with E-state index in [1.807, 2.05) is 26.0 Å². The van der Waals surface area contributed by atoms with Crippen molar-refractivity contribution in [2.24, 2.45) is 0 Å².